The molecule has 0 aliphatic rings. The molecule has 0 aliphatic heterocycles. The van der Waals surface area contributed by atoms with Gasteiger partial charge in [0, 0.05) is 32.4 Å². The maximum absolute atomic E-state index is 5.24. The second kappa shape index (κ2) is 15.8. The largest absolute Gasteiger partial charge is 0.497 e. The first-order valence-electron chi connectivity index (χ1n) is 10.6. The van der Waals surface area contributed by atoms with Gasteiger partial charge in [-0.2, -0.15) is 0 Å². The maximum Gasteiger partial charge on any atom is 0.191 e. The van der Waals surface area contributed by atoms with Crippen LogP contribution in [0.4, 0.5) is 5.69 Å². The van der Waals surface area contributed by atoms with Crippen LogP contribution in [0.2, 0.25) is 0 Å². The fraction of sp³-hybridized carbons (Fsp3) is 0.458. The molecule has 2 aromatic rings. The van der Waals surface area contributed by atoms with E-state index in [2.05, 4.69) is 66.2 Å². The van der Waals surface area contributed by atoms with E-state index in [0.717, 1.165) is 43.5 Å². The van der Waals surface area contributed by atoms with E-state index < -0.39 is 0 Å². The highest BCUT2D eigenvalue weighted by Gasteiger charge is 2.06. The third-order valence-electron chi connectivity index (χ3n) is 4.91. The van der Waals surface area contributed by atoms with Crippen LogP contribution in [0.3, 0.4) is 0 Å². The number of nitrogens with one attached hydrogen (secondary N) is 3. The van der Waals surface area contributed by atoms with Gasteiger partial charge in [-0.1, -0.05) is 31.2 Å². The Bertz CT molecular complexity index is 751. The highest BCUT2D eigenvalue weighted by Crippen LogP contribution is 2.21. The summed E-state index contributed by atoms with van der Waals surface area (Å²) in [5.74, 6) is 2.20. The summed E-state index contributed by atoms with van der Waals surface area (Å²) in [5.41, 5.74) is 3.59. The van der Waals surface area contributed by atoms with Crippen molar-refractivity contribution in [3.8, 4) is 5.75 Å². The van der Waals surface area contributed by atoms with Gasteiger partial charge in [0.25, 0.3) is 0 Å². The Morgan fingerprint density at radius 1 is 0.968 bits per heavy atom. The van der Waals surface area contributed by atoms with Crippen molar-refractivity contribution in [1.29, 1.82) is 0 Å². The smallest absolute Gasteiger partial charge is 0.191 e. The number of halogens is 1. The molecule has 172 valence electrons. The van der Waals surface area contributed by atoms with E-state index in [0.29, 0.717) is 19.1 Å². The van der Waals surface area contributed by atoms with Gasteiger partial charge in [-0.25, -0.2) is 4.99 Å². The van der Waals surface area contributed by atoms with Crippen LogP contribution in [-0.4, -0.2) is 46.4 Å². The molecular weight excluding hydrogens is 503 g/mol. The van der Waals surface area contributed by atoms with Crippen molar-refractivity contribution in [1.82, 2.24) is 10.6 Å². The van der Waals surface area contributed by atoms with Crippen LogP contribution in [0.5, 0.6) is 5.75 Å². The molecule has 0 aromatic heterocycles. The third-order valence-corrected chi connectivity index (χ3v) is 4.91. The van der Waals surface area contributed by atoms with Crippen LogP contribution in [0.1, 0.15) is 37.3 Å². The van der Waals surface area contributed by atoms with E-state index in [1.165, 1.54) is 11.1 Å². The molecule has 7 heteroatoms. The summed E-state index contributed by atoms with van der Waals surface area (Å²) in [6.07, 6.45) is 1.03. The summed E-state index contributed by atoms with van der Waals surface area (Å²) in [7, 11) is 3.40. The quantitative estimate of drug-likeness (QED) is 0.159. The van der Waals surface area contributed by atoms with E-state index >= 15 is 0 Å². The van der Waals surface area contributed by atoms with E-state index in [-0.39, 0.29) is 24.0 Å². The second-order valence-electron chi connectivity index (χ2n) is 7.20. The summed E-state index contributed by atoms with van der Waals surface area (Å²) in [6, 6.07) is 16.7. The fourth-order valence-electron chi connectivity index (χ4n) is 3.04. The molecule has 0 aliphatic carbocycles. The lowest BCUT2D eigenvalue weighted by molar-refractivity contribution is 0.211. The highest BCUT2D eigenvalue weighted by molar-refractivity contribution is 14.0. The minimum Gasteiger partial charge on any atom is -0.497 e. The predicted octanol–water partition coefficient (Wildman–Crippen LogP) is 4.62. The van der Waals surface area contributed by atoms with Crippen LogP contribution in [0.15, 0.2) is 53.5 Å². The molecule has 1 atom stereocenters. The number of anilines is 1. The van der Waals surface area contributed by atoms with Crippen molar-refractivity contribution in [3.63, 3.8) is 0 Å². The monoisotopic (exact) mass is 540 g/mol. The summed E-state index contributed by atoms with van der Waals surface area (Å²) >= 11 is 0. The van der Waals surface area contributed by atoms with Crippen LogP contribution in [0, 0.1) is 0 Å². The topological polar surface area (TPSA) is 66.9 Å². The molecule has 0 bridgehead atoms. The van der Waals surface area contributed by atoms with Crippen LogP contribution >= 0.6 is 24.0 Å². The lowest BCUT2D eigenvalue weighted by atomic mass is 9.98. The van der Waals surface area contributed by atoms with Gasteiger partial charge < -0.3 is 25.4 Å². The number of methoxy groups -OCH3 is 2. The van der Waals surface area contributed by atoms with Gasteiger partial charge in [0.05, 0.1) is 20.3 Å². The molecular formula is C24H37IN4O2. The van der Waals surface area contributed by atoms with Gasteiger partial charge >= 0.3 is 0 Å². The second-order valence-corrected chi connectivity index (χ2v) is 7.20. The molecule has 0 amide bonds. The molecule has 0 saturated heterocycles. The molecule has 6 nitrogen and oxygen atoms in total. The number of rotatable bonds is 12. The zero-order valence-corrected chi connectivity index (χ0v) is 21.4. The number of hydrogen-bond donors (Lipinski definition) is 3. The van der Waals surface area contributed by atoms with Gasteiger partial charge in [0.2, 0.25) is 0 Å². The summed E-state index contributed by atoms with van der Waals surface area (Å²) < 4.78 is 10.3. The predicted molar refractivity (Wildman–Crippen MR) is 141 cm³/mol. The fourth-order valence-corrected chi connectivity index (χ4v) is 3.04. The Balaban J connectivity index is 0.00000480. The summed E-state index contributed by atoms with van der Waals surface area (Å²) in [5, 5.41) is 10.1. The zero-order valence-electron chi connectivity index (χ0n) is 19.1. The van der Waals surface area contributed by atoms with E-state index in [1.54, 1.807) is 14.2 Å². The van der Waals surface area contributed by atoms with Crippen LogP contribution in [-0.2, 0) is 11.3 Å². The van der Waals surface area contributed by atoms with E-state index in [9.17, 15) is 0 Å². The molecule has 1 unspecified atom stereocenters. The number of benzene rings is 2. The number of nitrogens with zero attached hydrogens (tertiary/aromatic N) is 1. The van der Waals surface area contributed by atoms with Crippen molar-refractivity contribution < 1.29 is 9.47 Å². The molecule has 0 heterocycles. The number of ether oxygens (including phenoxy) is 2. The Morgan fingerprint density at radius 3 is 2.29 bits per heavy atom. The Morgan fingerprint density at radius 2 is 1.68 bits per heavy atom. The normalized spacial score (nSPS) is 11.9. The van der Waals surface area contributed by atoms with E-state index in [1.807, 2.05) is 12.1 Å². The van der Waals surface area contributed by atoms with Crippen LogP contribution in [0.25, 0.3) is 0 Å². The lowest BCUT2D eigenvalue weighted by Gasteiger charge is -2.15. The summed E-state index contributed by atoms with van der Waals surface area (Å²) in [4.78, 5) is 4.72. The minimum absolute atomic E-state index is 0. The van der Waals surface area contributed by atoms with E-state index in [4.69, 9.17) is 14.5 Å². The first-order valence-corrected chi connectivity index (χ1v) is 10.6. The molecule has 2 rings (SSSR count). The Hall–Kier alpha value is -2.00. The van der Waals surface area contributed by atoms with Crippen molar-refractivity contribution >= 4 is 35.6 Å². The van der Waals surface area contributed by atoms with Crippen molar-refractivity contribution in [3.05, 3.63) is 59.7 Å². The minimum atomic E-state index is 0. The van der Waals surface area contributed by atoms with Crippen molar-refractivity contribution in [2.45, 2.75) is 32.7 Å². The highest BCUT2D eigenvalue weighted by atomic mass is 127. The molecule has 2 aromatic carbocycles. The van der Waals surface area contributed by atoms with Gasteiger partial charge in [-0.05, 0) is 54.7 Å². The first kappa shape index (κ1) is 27.0. The summed E-state index contributed by atoms with van der Waals surface area (Å²) in [6.45, 7) is 8.16. The SMILES string of the molecule is CCNC(=NCc1ccc(NCCOC)cc1)NCCC(C)c1ccc(OC)cc1.I. The Kier molecular flexibility index (Phi) is 13.7. The Labute approximate surface area is 204 Å². The molecule has 3 N–H and O–H groups in total. The maximum atomic E-state index is 5.24. The number of aliphatic imine (C=N–C) groups is 1. The number of hydrogen-bond acceptors (Lipinski definition) is 4. The average Bonchev–Trinajstić information content (AvgIpc) is 2.78. The van der Waals surface area contributed by atoms with Gasteiger partial charge in [0.15, 0.2) is 5.96 Å². The van der Waals surface area contributed by atoms with Gasteiger partial charge in [-0.3, -0.25) is 0 Å². The lowest BCUT2D eigenvalue weighted by Crippen LogP contribution is -2.38. The van der Waals surface area contributed by atoms with Gasteiger partial charge in [0.1, 0.15) is 5.75 Å². The first-order chi connectivity index (χ1) is 14.7. The molecule has 0 radical (unpaired) electrons. The van der Waals surface area contributed by atoms with Crippen LogP contribution < -0.4 is 20.7 Å². The zero-order chi connectivity index (χ0) is 21.6. The van der Waals surface area contributed by atoms with Crippen molar-refractivity contribution in [2.24, 2.45) is 4.99 Å². The molecule has 0 spiro atoms. The average molecular weight is 540 g/mol. The molecule has 0 saturated carbocycles. The number of guanidine groups is 1. The van der Waals surface area contributed by atoms with Gasteiger partial charge in [-0.15, -0.1) is 24.0 Å². The molecule has 31 heavy (non-hydrogen) atoms. The molecule has 0 fully saturated rings. The standard InChI is InChI=1S/C24H36N4O2.HI/c1-5-25-24(27-15-14-19(2)21-8-12-23(30-4)13-9-21)28-18-20-6-10-22(11-7-20)26-16-17-29-3;/h6-13,19,26H,5,14-18H2,1-4H3,(H2,25,27,28);1H. The van der Waals surface area contributed by atoms with Crippen molar-refractivity contribution in [2.75, 3.05) is 45.8 Å². The third kappa shape index (κ3) is 10.2.